The lowest BCUT2D eigenvalue weighted by atomic mass is 10.1. The summed E-state index contributed by atoms with van der Waals surface area (Å²) >= 11 is 0. The predicted molar refractivity (Wildman–Crippen MR) is 71.8 cm³/mol. The molecule has 0 heterocycles. The summed E-state index contributed by atoms with van der Waals surface area (Å²) in [5, 5.41) is 0. The minimum atomic E-state index is -0.324. The van der Waals surface area contributed by atoms with E-state index in [-0.39, 0.29) is 18.5 Å². The Kier molecular flexibility index (Phi) is 4.36. The highest BCUT2D eigenvalue weighted by Gasteiger charge is 2.07. The topological polar surface area (TPSA) is 44.5 Å². The third kappa shape index (κ3) is 3.69. The number of hydrogen-bond donors (Lipinski definition) is 1. The molecule has 2 aromatic carbocycles. The van der Waals surface area contributed by atoms with E-state index in [4.69, 9.17) is 15.2 Å². The second-order valence-corrected chi connectivity index (χ2v) is 4.15. The van der Waals surface area contributed by atoms with Crippen molar-refractivity contribution in [1.82, 2.24) is 0 Å². The molecule has 1 unspecified atom stereocenters. The molecule has 0 aromatic heterocycles. The fourth-order valence-corrected chi connectivity index (χ4v) is 1.69. The average Bonchev–Trinajstić information content (AvgIpc) is 2.45. The number of nitrogens with two attached hydrogens (primary N) is 1. The van der Waals surface area contributed by atoms with Gasteiger partial charge in [-0.05, 0) is 29.8 Å². The first-order valence-corrected chi connectivity index (χ1v) is 5.97. The fourth-order valence-electron chi connectivity index (χ4n) is 1.69. The molecule has 0 saturated carbocycles. The van der Waals surface area contributed by atoms with Crippen molar-refractivity contribution in [3.8, 4) is 11.5 Å². The van der Waals surface area contributed by atoms with E-state index in [9.17, 15) is 4.39 Å². The van der Waals surface area contributed by atoms with Crippen LogP contribution in [0.2, 0.25) is 0 Å². The number of hydrogen-bond acceptors (Lipinski definition) is 3. The van der Waals surface area contributed by atoms with Crippen LogP contribution in [0.4, 0.5) is 4.39 Å². The van der Waals surface area contributed by atoms with Crippen LogP contribution in [0, 0.1) is 5.82 Å². The molecule has 0 aliphatic rings. The molecule has 3 nitrogen and oxygen atoms in total. The molecule has 19 heavy (non-hydrogen) atoms. The van der Waals surface area contributed by atoms with Crippen LogP contribution in [0.15, 0.2) is 48.5 Å². The number of benzene rings is 2. The highest BCUT2D eigenvalue weighted by molar-refractivity contribution is 5.29. The Morgan fingerprint density at radius 1 is 1.11 bits per heavy atom. The maximum absolute atomic E-state index is 13.0. The maximum Gasteiger partial charge on any atom is 0.126 e. The van der Waals surface area contributed by atoms with Crippen LogP contribution in [0.25, 0.3) is 0 Å². The number of halogens is 1. The van der Waals surface area contributed by atoms with Gasteiger partial charge >= 0.3 is 0 Å². The Labute approximate surface area is 111 Å². The molecule has 0 fully saturated rings. The third-order valence-corrected chi connectivity index (χ3v) is 2.77. The van der Waals surface area contributed by atoms with Gasteiger partial charge in [0.25, 0.3) is 0 Å². The number of rotatable bonds is 5. The SMILES string of the molecule is COc1ccc(C(N)COc2cccc(F)c2)cc1. The Bertz CT molecular complexity index is 528. The molecule has 0 saturated heterocycles. The molecule has 0 amide bonds. The molecule has 0 aliphatic carbocycles. The lowest BCUT2D eigenvalue weighted by molar-refractivity contribution is 0.289. The zero-order chi connectivity index (χ0) is 13.7. The molecule has 2 aromatic rings. The van der Waals surface area contributed by atoms with Gasteiger partial charge in [0.05, 0.1) is 13.2 Å². The molecule has 0 radical (unpaired) electrons. The third-order valence-electron chi connectivity index (χ3n) is 2.77. The van der Waals surface area contributed by atoms with E-state index in [0.717, 1.165) is 11.3 Å². The van der Waals surface area contributed by atoms with Crippen molar-refractivity contribution in [2.24, 2.45) is 5.73 Å². The monoisotopic (exact) mass is 261 g/mol. The molecule has 1 atom stereocenters. The van der Waals surface area contributed by atoms with Gasteiger partial charge in [0.2, 0.25) is 0 Å². The lowest BCUT2D eigenvalue weighted by Gasteiger charge is -2.14. The second-order valence-electron chi connectivity index (χ2n) is 4.15. The summed E-state index contributed by atoms with van der Waals surface area (Å²) in [6, 6.07) is 13.2. The first kappa shape index (κ1) is 13.4. The van der Waals surface area contributed by atoms with E-state index in [2.05, 4.69) is 0 Å². The van der Waals surface area contributed by atoms with Crippen molar-refractivity contribution in [3.63, 3.8) is 0 Å². The molecule has 2 rings (SSSR count). The molecule has 2 N–H and O–H groups in total. The van der Waals surface area contributed by atoms with Crippen LogP contribution in [0.3, 0.4) is 0 Å². The molecular weight excluding hydrogens is 245 g/mol. The molecule has 0 bridgehead atoms. The van der Waals surface area contributed by atoms with E-state index in [1.807, 2.05) is 24.3 Å². The maximum atomic E-state index is 13.0. The van der Waals surface area contributed by atoms with Gasteiger partial charge in [-0.15, -0.1) is 0 Å². The molecule has 100 valence electrons. The first-order valence-electron chi connectivity index (χ1n) is 5.97. The van der Waals surface area contributed by atoms with Crippen LogP contribution in [0.5, 0.6) is 11.5 Å². The second kappa shape index (κ2) is 6.20. The zero-order valence-electron chi connectivity index (χ0n) is 10.7. The normalized spacial score (nSPS) is 11.9. The predicted octanol–water partition coefficient (Wildman–Crippen LogP) is 2.91. The summed E-state index contributed by atoms with van der Waals surface area (Å²) in [6.45, 7) is 0.287. The highest BCUT2D eigenvalue weighted by Crippen LogP contribution is 2.18. The van der Waals surface area contributed by atoms with E-state index in [1.165, 1.54) is 12.1 Å². The summed E-state index contributed by atoms with van der Waals surface area (Å²) in [4.78, 5) is 0. The van der Waals surface area contributed by atoms with Gasteiger partial charge in [-0.3, -0.25) is 0 Å². The van der Waals surface area contributed by atoms with Gasteiger partial charge in [0.1, 0.15) is 23.9 Å². The smallest absolute Gasteiger partial charge is 0.126 e. The minimum Gasteiger partial charge on any atom is -0.497 e. The summed E-state index contributed by atoms with van der Waals surface area (Å²) in [5.74, 6) is 0.932. The van der Waals surface area contributed by atoms with Crippen LogP contribution >= 0.6 is 0 Å². The standard InChI is InChI=1S/C15H16FNO2/c1-18-13-7-5-11(6-8-13)15(17)10-19-14-4-2-3-12(16)9-14/h2-9,15H,10,17H2,1H3. The Hall–Kier alpha value is -2.07. The molecule has 4 heteroatoms. The zero-order valence-corrected chi connectivity index (χ0v) is 10.7. The van der Waals surface area contributed by atoms with E-state index >= 15 is 0 Å². The quantitative estimate of drug-likeness (QED) is 0.900. The van der Waals surface area contributed by atoms with Crippen molar-refractivity contribution >= 4 is 0 Å². The Morgan fingerprint density at radius 2 is 1.84 bits per heavy atom. The van der Waals surface area contributed by atoms with Gasteiger partial charge in [-0.25, -0.2) is 4.39 Å². The van der Waals surface area contributed by atoms with Crippen LogP contribution in [0.1, 0.15) is 11.6 Å². The number of methoxy groups -OCH3 is 1. The minimum absolute atomic E-state index is 0.269. The largest absolute Gasteiger partial charge is 0.497 e. The van der Waals surface area contributed by atoms with Crippen LogP contribution < -0.4 is 15.2 Å². The molecule has 0 aliphatic heterocycles. The molecule has 0 spiro atoms. The highest BCUT2D eigenvalue weighted by atomic mass is 19.1. The summed E-state index contributed by atoms with van der Waals surface area (Å²) in [6.07, 6.45) is 0. The van der Waals surface area contributed by atoms with E-state index in [0.29, 0.717) is 5.75 Å². The van der Waals surface area contributed by atoms with Crippen molar-refractivity contribution in [2.75, 3.05) is 13.7 Å². The van der Waals surface area contributed by atoms with E-state index in [1.54, 1.807) is 19.2 Å². The van der Waals surface area contributed by atoms with Crippen molar-refractivity contribution in [2.45, 2.75) is 6.04 Å². The van der Waals surface area contributed by atoms with Crippen molar-refractivity contribution < 1.29 is 13.9 Å². The first-order chi connectivity index (χ1) is 9.19. The summed E-state index contributed by atoms with van der Waals surface area (Å²) < 4.78 is 23.5. The van der Waals surface area contributed by atoms with Gasteiger partial charge in [-0.2, -0.15) is 0 Å². The van der Waals surface area contributed by atoms with Gasteiger partial charge < -0.3 is 15.2 Å². The Morgan fingerprint density at radius 3 is 2.47 bits per heavy atom. The van der Waals surface area contributed by atoms with Gasteiger partial charge in [0, 0.05) is 6.07 Å². The summed E-state index contributed by atoms with van der Waals surface area (Å²) in [7, 11) is 1.61. The van der Waals surface area contributed by atoms with Gasteiger partial charge in [-0.1, -0.05) is 18.2 Å². The van der Waals surface area contributed by atoms with Crippen LogP contribution in [-0.2, 0) is 0 Å². The average molecular weight is 261 g/mol. The van der Waals surface area contributed by atoms with Gasteiger partial charge in [0.15, 0.2) is 0 Å². The van der Waals surface area contributed by atoms with E-state index < -0.39 is 0 Å². The fraction of sp³-hybridized carbons (Fsp3) is 0.200. The molecular formula is C15H16FNO2. The Balaban J connectivity index is 1.95. The summed E-state index contributed by atoms with van der Waals surface area (Å²) in [5.41, 5.74) is 6.95. The number of ether oxygens (including phenoxy) is 2. The van der Waals surface area contributed by atoms with Crippen LogP contribution in [-0.4, -0.2) is 13.7 Å². The van der Waals surface area contributed by atoms with Crippen molar-refractivity contribution in [3.05, 3.63) is 59.9 Å². The lowest BCUT2D eigenvalue weighted by Crippen LogP contribution is -2.18. The van der Waals surface area contributed by atoms with Crippen molar-refractivity contribution in [1.29, 1.82) is 0 Å².